The molecule has 0 spiro atoms. The van der Waals surface area contributed by atoms with E-state index in [1.54, 1.807) is 23.0 Å². The van der Waals surface area contributed by atoms with Crippen LogP contribution in [-0.4, -0.2) is 30.9 Å². The minimum Gasteiger partial charge on any atom is -0.250 e. The molecule has 0 bridgehead atoms. The Labute approximate surface area is 147 Å². The summed E-state index contributed by atoms with van der Waals surface area (Å²) in [6.45, 7) is 3.78. The van der Waals surface area contributed by atoms with Gasteiger partial charge in [0.15, 0.2) is 5.82 Å². The monoisotopic (exact) mass is 364 g/mol. The molecule has 0 aliphatic rings. The van der Waals surface area contributed by atoms with Gasteiger partial charge in [0.05, 0.1) is 23.2 Å². The van der Waals surface area contributed by atoms with Crippen LogP contribution >= 0.6 is 23.8 Å². The van der Waals surface area contributed by atoms with Crippen molar-refractivity contribution in [1.82, 2.24) is 24.7 Å². The molecule has 6 nitrogen and oxygen atoms in total. The predicted molar refractivity (Wildman–Crippen MR) is 93.1 cm³/mol. The second-order valence-corrected chi connectivity index (χ2v) is 5.78. The largest absolute Gasteiger partial charge is 0.250 e. The lowest BCUT2D eigenvalue weighted by Gasteiger charge is -2.02. The normalized spacial score (nSPS) is 11.5. The zero-order valence-corrected chi connectivity index (χ0v) is 14.6. The van der Waals surface area contributed by atoms with Crippen LogP contribution in [0.25, 0.3) is 5.69 Å². The van der Waals surface area contributed by atoms with Gasteiger partial charge >= 0.3 is 0 Å². The van der Waals surface area contributed by atoms with E-state index < -0.39 is 0 Å². The molecule has 0 unspecified atom stereocenters. The van der Waals surface area contributed by atoms with Gasteiger partial charge in [-0.2, -0.15) is 20.0 Å². The van der Waals surface area contributed by atoms with Gasteiger partial charge in [0.1, 0.15) is 11.0 Å². The number of aromatic nitrogens is 5. The number of H-pyrrole nitrogens is 1. The molecule has 3 aromatic rings. The second kappa shape index (κ2) is 6.66. The van der Waals surface area contributed by atoms with Gasteiger partial charge in [-0.15, -0.1) is 0 Å². The summed E-state index contributed by atoms with van der Waals surface area (Å²) in [7, 11) is 0. The molecule has 1 N–H and O–H groups in total. The van der Waals surface area contributed by atoms with E-state index in [1.165, 1.54) is 16.8 Å². The van der Waals surface area contributed by atoms with Crippen LogP contribution in [0.1, 0.15) is 24.0 Å². The van der Waals surface area contributed by atoms with E-state index in [4.69, 9.17) is 23.8 Å². The molecule has 0 saturated carbocycles. The van der Waals surface area contributed by atoms with Crippen molar-refractivity contribution in [3.63, 3.8) is 0 Å². The first-order valence-corrected chi connectivity index (χ1v) is 8.01. The minimum absolute atomic E-state index is 0.318. The highest BCUT2D eigenvalue weighted by atomic mass is 35.5. The molecular formula is C15H14ClFN6S. The standard InChI is InChI=1S/C15H14ClFN6S/c1-3-13-19-20-15(24)23(13)18-8-12-9(2)21-22(14(12)16)11-6-4-10(17)5-7-11/h4-8H,3H2,1-2H3,(H,20,24)/b18-8-. The van der Waals surface area contributed by atoms with Gasteiger partial charge < -0.3 is 0 Å². The van der Waals surface area contributed by atoms with Crippen molar-refractivity contribution < 1.29 is 4.39 Å². The zero-order valence-electron chi connectivity index (χ0n) is 13.0. The summed E-state index contributed by atoms with van der Waals surface area (Å²) in [5.41, 5.74) is 2.02. The molecule has 0 fully saturated rings. The number of rotatable bonds is 4. The number of aryl methyl sites for hydroxylation is 2. The Morgan fingerprint density at radius 3 is 2.75 bits per heavy atom. The summed E-state index contributed by atoms with van der Waals surface area (Å²) < 4.78 is 16.6. The summed E-state index contributed by atoms with van der Waals surface area (Å²) in [6, 6.07) is 5.93. The fourth-order valence-corrected chi connectivity index (χ4v) is 2.72. The van der Waals surface area contributed by atoms with E-state index in [2.05, 4.69) is 20.4 Å². The van der Waals surface area contributed by atoms with Crippen molar-refractivity contribution in [3.05, 3.63) is 57.1 Å². The molecule has 0 aliphatic heterocycles. The van der Waals surface area contributed by atoms with Crippen LogP contribution in [-0.2, 0) is 6.42 Å². The maximum Gasteiger partial charge on any atom is 0.216 e. The van der Waals surface area contributed by atoms with Gasteiger partial charge in [-0.1, -0.05) is 18.5 Å². The molecule has 1 aromatic carbocycles. The third kappa shape index (κ3) is 3.02. The number of hydrogen-bond acceptors (Lipinski definition) is 4. The Morgan fingerprint density at radius 2 is 2.08 bits per heavy atom. The van der Waals surface area contributed by atoms with Crippen molar-refractivity contribution >= 4 is 30.0 Å². The molecule has 2 heterocycles. The molecule has 0 atom stereocenters. The van der Waals surface area contributed by atoms with Crippen LogP contribution in [0.5, 0.6) is 0 Å². The third-order valence-electron chi connectivity index (χ3n) is 3.46. The molecule has 24 heavy (non-hydrogen) atoms. The lowest BCUT2D eigenvalue weighted by Crippen LogP contribution is -1.98. The topological polar surface area (TPSA) is 63.8 Å². The zero-order chi connectivity index (χ0) is 17.3. The van der Waals surface area contributed by atoms with Crippen LogP contribution in [0.3, 0.4) is 0 Å². The molecule has 9 heteroatoms. The van der Waals surface area contributed by atoms with E-state index in [0.29, 0.717) is 33.3 Å². The average molecular weight is 365 g/mol. The van der Waals surface area contributed by atoms with Crippen molar-refractivity contribution in [3.8, 4) is 5.69 Å². The molecule has 2 aromatic heterocycles. The highest BCUT2D eigenvalue weighted by molar-refractivity contribution is 7.71. The molecule has 0 radical (unpaired) electrons. The lowest BCUT2D eigenvalue weighted by atomic mass is 10.3. The minimum atomic E-state index is -0.318. The van der Waals surface area contributed by atoms with Crippen molar-refractivity contribution in [2.24, 2.45) is 5.10 Å². The van der Waals surface area contributed by atoms with Gasteiger partial charge in [-0.3, -0.25) is 5.10 Å². The van der Waals surface area contributed by atoms with Gasteiger partial charge in [0.25, 0.3) is 0 Å². The molecule has 3 rings (SSSR count). The van der Waals surface area contributed by atoms with Crippen LogP contribution in [0, 0.1) is 17.5 Å². The summed E-state index contributed by atoms with van der Waals surface area (Å²) in [5.74, 6) is 0.401. The van der Waals surface area contributed by atoms with Gasteiger partial charge in [0.2, 0.25) is 4.77 Å². The number of halogens is 2. The predicted octanol–water partition coefficient (Wildman–Crippen LogP) is 3.67. The third-order valence-corrected chi connectivity index (χ3v) is 4.08. The molecule has 0 aliphatic carbocycles. The Bertz CT molecular complexity index is 953. The van der Waals surface area contributed by atoms with Crippen molar-refractivity contribution in [1.29, 1.82) is 0 Å². The summed E-state index contributed by atoms with van der Waals surface area (Å²) in [6.07, 6.45) is 2.28. The SMILES string of the molecule is CCc1n[nH]c(=S)n1/N=C\c1c(C)nn(-c2ccc(F)cc2)c1Cl. The highest BCUT2D eigenvalue weighted by Gasteiger charge is 2.13. The molecule has 0 amide bonds. The van der Waals surface area contributed by atoms with Crippen LogP contribution in [0.4, 0.5) is 4.39 Å². The van der Waals surface area contributed by atoms with E-state index in [0.717, 1.165) is 5.82 Å². The Balaban J connectivity index is 2.00. The van der Waals surface area contributed by atoms with Gasteiger partial charge in [0, 0.05) is 6.42 Å². The van der Waals surface area contributed by atoms with Crippen LogP contribution < -0.4 is 0 Å². The first kappa shape index (κ1) is 16.5. The fourth-order valence-electron chi connectivity index (χ4n) is 2.20. The first-order chi connectivity index (χ1) is 11.5. The van der Waals surface area contributed by atoms with Crippen LogP contribution in [0.15, 0.2) is 29.4 Å². The molecular weight excluding hydrogens is 351 g/mol. The Hall–Kier alpha value is -2.32. The first-order valence-electron chi connectivity index (χ1n) is 7.23. The van der Waals surface area contributed by atoms with Crippen molar-refractivity contribution in [2.75, 3.05) is 0 Å². The number of nitrogens with zero attached hydrogens (tertiary/aromatic N) is 5. The second-order valence-electron chi connectivity index (χ2n) is 5.03. The number of benzene rings is 1. The van der Waals surface area contributed by atoms with Crippen molar-refractivity contribution in [2.45, 2.75) is 20.3 Å². The van der Waals surface area contributed by atoms with E-state index in [9.17, 15) is 4.39 Å². The number of aromatic amines is 1. The lowest BCUT2D eigenvalue weighted by molar-refractivity contribution is 0.627. The summed E-state index contributed by atoms with van der Waals surface area (Å²) in [5, 5.41) is 15.9. The Morgan fingerprint density at radius 1 is 1.38 bits per heavy atom. The molecule has 124 valence electrons. The van der Waals surface area contributed by atoms with Gasteiger partial charge in [-0.05, 0) is 43.4 Å². The van der Waals surface area contributed by atoms with Gasteiger partial charge in [-0.25, -0.2) is 9.07 Å². The number of hydrogen-bond donors (Lipinski definition) is 1. The highest BCUT2D eigenvalue weighted by Crippen LogP contribution is 2.22. The van der Waals surface area contributed by atoms with Crippen LogP contribution in [0.2, 0.25) is 5.15 Å². The average Bonchev–Trinajstić information content (AvgIpc) is 3.06. The van der Waals surface area contributed by atoms with E-state index in [1.807, 2.05) is 13.8 Å². The maximum atomic E-state index is 13.1. The maximum absolute atomic E-state index is 13.1. The number of nitrogens with one attached hydrogen (secondary N) is 1. The fraction of sp³-hybridized carbons (Fsp3) is 0.200. The summed E-state index contributed by atoms with van der Waals surface area (Å²) >= 11 is 11.6. The van der Waals surface area contributed by atoms with E-state index >= 15 is 0 Å². The summed E-state index contributed by atoms with van der Waals surface area (Å²) in [4.78, 5) is 0. The Kier molecular flexibility index (Phi) is 4.59. The molecule has 0 saturated heterocycles. The quantitative estimate of drug-likeness (QED) is 0.567. The smallest absolute Gasteiger partial charge is 0.216 e. The van der Waals surface area contributed by atoms with E-state index in [-0.39, 0.29) is 5.82 Å².